The first-order valence-electron chi connectivity index (χ1n) is 5.42. The zero-order chi connectivity index (χ0) is 10.1. The van der Waals surface area contributed by atoms with Crippen LogP contribution in [0.4, 0.5) is 0 Å². The van der Waals surface area contributed by atoms with E-state index in [1.807, 2.05) is 11.8 Å². The number of thioether (sulfide) groups is 1. The fourth-order valence-corrected chi connectivity index (χ4v) is 2.94. The van der Waals surface area contributed by atoms with Gasteiger partial charge in [0.1, 0.15) is 18.5 Å². The van der Waals surface area contributed by atoms with Gasteiger partial charge in [0.2, 0.25) is 0 Å². The summed E-state index contributed by atoms with van der Waals surface area (Å²) in [5.74, 6) is 2.26. The zero-order valence-corrected chi connectivity index (χ0v) is 9.39. The van der Waals surface area contributed by atoms with Crippen LogP contribution in [-0.2, 0) is 11.2 Å². The molecule has 2 aliphatic rings. The Labute approximate surface area is 94.0 Å². The Balaban J connectivity index is 1.79. The number of fused-ring (bicyclic) bond motifs is 1. The van der Waals surface area contributed by atoms with Crippen molar-refractivity contribution in [2.24, 2.45) is 0 Å². The molecule has 0 aromatic heterocycles. The van der Waals surface area contributed by atoms with Gasteiger partial charge in [-0.3, -0.25) is 0 Å². The average molecular weight is 222 g/mol. The van der Waals surface area contributed by atoms with Gasteiger partial charge in [0.25, 0.3) is 0 Å². The lowest BCUT2D eigenvalue weighted by atomic mass is 10.1. The Bertz CT molecular complexity index is 361. The molecule has 0 spiro atoms. The van der Waals surface area contributed by atoms with Crippen molar-refractivity contribution in [1.82, 2.24) is 0 Å². The highest BCUT2D eigenvalue weighted by Crippen LogP contribution is 2.37. The second-order valence-corrected chi connectivity index (χ2v) is 5.07. The van der Waals surface area contributed by atoms with Crippen molar-refractivity contribution in [2.45, 2.75) is 23.8 Å². The average Bonchev–Trinajstić information content (AvgIpc) is 3.10. The molecule has 2 nitrogen and oxygen atoms in total. The van der Waals surface area contributed by atoms with E-state index in [1.165, 1.54) is 29.1 Å². The van der Waals surface area contributed by atoms with E-state index in [4.69, 9.17) is 9.47 Å². The monoisotopic (exact) mass is 222 g/mol. The van der Waals surface area contributed by atoms with Crippen molar-refractivity contribution in [3.63, 3.8) is 0 Å². The van der Waals surface area contributed by atoms with E-state index in [0.29, 0.717) is 12.7 Å². The number of aryl methyl sites for hydroxylation is 1. The van der Waals surface area contributed by atoms with Crippen molar-refractivity contribution in [2.75, 3.05) is 19.0 Å². The molecule has 1 unspecified atom stereocenters. The van der Waals surface area contributed by atoms with E-state index in [1.54, 1.807) is 0 Å². The molecule has 80 valence electrons. The van der Waals surface area contributed by atoms with Gasteiger partial charge >= 0.3 is 0 Å². The van der Waals surface area contributed by atoms with Crippen LogP contribution in [0, 0.1) is 0 Å². The van der Waals surface area contributed by atoms with Crippen LogP contribution >= 0.6 is 11.8 Å². The Morgan fingerprint density at radius 3 is 3.27 bits per heavy atom. The lowest BCUT2D eigenvalue weighted by Crippen LogP contribution is -2.07. The maximum Gasteiger partial charge on any atom is 0.133 e. The van der Waals surface area contributed by atoms with Crippen LogP contribution in [0.15, 0.2) is 23.1 Å². The minimum absolute atomic E-state index is 0.342. The molecule has 1 saturated heterocycles. The van der Waals surface area contributed by atoms with Crippen LogP contribution in [0.25, 0.3) is 0 Å². The van der Waals surface area contributed by atoms with E-state index in [-0.39, 0.29) is 0 Å². The van der Waals surface area contributed by atoms with Gasteiger partial charge in [-0.1, -0.05) is 12.1 Å². The molecule has 1 aromatic rings. The van der Waals surface area contributed by atoms with E-state index >= 15 is 0 Å². The number of ether oxygens (including phenoxy) is 2. The van der Waals surface area contributed by atoms with Crippen molar-refractivity contribution in [3.8, 4) is 5.75 Å². The maximum atomic E-state index is 5.78. The molecule has 3 heteroatoms. The third kappa shape index (κ3) is 2.13. The SMILES string of the molecule is c1cc2c(c(OCC3CO3)c1)SCCC2. The van der Waals surface area contributed by atoms with Gasteiger partial charge in [-0.2, -0.15) is 0 Å². The Morgan fingerprint density at radius 1 is 1.47 bits per heavy atom. The zero-order valence-electron chi connectivity index (χ0n) is 8.57. The minimum Gasteiger partial charge on any atom is -0.490 e. The van der Waals surface area contributed by atoms with Gasteiger partial charge < -0.3 is 9.47 Å². The minimum atomic E-state index is 0.342. The highest BCUT2D eigenvalue weighted by Gasteiger charge is 2.24. The quantitative estimate of drug-likeness (QED) is 0.733. The van der Waals surface area contributed by atoms with E-state index in [9.17, 15) is 0 Å². The molecular weight excluding hydrogens is 208 g/mol. The predicted molar refractivity (Wildman–Crippen MR) is 60.7 cm³/mol. The first-order valence-corrected chi connectivity index (χ1v) is 6.41. The molecule has 0 N–H and O–H groups in total. The lowest BCUT2D eigenvalue weighted by molar-refractivity contribution is 0.258. The molecule has 3 rings (SSSR count). The number of hydrogen-bond acceptors (Lipinski definition) is 3. The molecule has 0 saturated carbocycles. The largest absolute Gasteiger partial charge is 0.490 e. The van der Waals surface area contributed by atoms with Crippen LogP contribution in [-0.4, -0.2) is 25.1 Å². The molecule has 2 heterocycles. The van der Waals surface area contributed by atoms with Gasteiger partial charge in [-0.15, -0.1) is 11.8 Å². The van der Waals surface area contributed by atoms with Crippen LogP contribution in [0.1, 0.15) is 12.0 Å². The third-order valence-corrected chi connectivity index (χ3v) is 3.97. The van der Waals surface area contributed by atoms with E-state index in [0.717, 1.165) is 12.4 Å². The summed E-state index contributed by atoms with van der Waals surface area (Å²) in [4.78, 5) is 1.35. The second-order valence-electron chi connectivity index (χ2n) is 3.96. The molecule has 2 aliphatic heterocycles. The van der Waals surface area contributed by atoms with Crippen molar-refractivity contribution < 1.29 is 9.47 Å². The molecule has 0 aliphatic carbocycles. The fraction of sp³-hybridized carbons (Fsp3) is 0.500. The summed E-state index contributed by atoms with van der Waals surface area (Å²) in [5, 5.41) is 0. The number of benzene rings is 1. The first-order chi connectivity index (χ1) is 7.43. The smallest absolute Gasteiger partial charge is 0.133 e. The second kappa shape index (κ2) is 4.06. The summed E-state index contributed by atoms with van der Waals surface area (Å²) in [7, 11) is 0. The summed E-state index contributed by atoms with van der Waals surface area (Å²) in [6.45, 7) is 1.57. The van der Waals surface area contributed by atoms with Crippen molar-refractivity contribution >= 4 is 11.8 Å². The molecule has 1 atom stereocenters. The summed E-state index contributed by atoms with van der Waals surface area (Å²) >= 11 is 1.92. The normalized spacial score (nSPS) is 23.3. The van der Waals surface area contributed by atoms with Gasteiger partial charge in [0, 0.05) is 0 Å². The van der Waals surface area contributed by atoms with Gasteiger partial charge in [-0.25, -0.2) is 0 Å². The van der Waals surface area contributed by atoms with Crippen LogP contribution in [0.2, 0.25) is 0 Å². The molecule has 0 amide bonds. The third-order valence-electron chi connectivity index (χ3n) is 2.72. The fourth-order valence-electron chi connectivity index (χ4n) is 1.82. The molecule has 1 fully saturated rings. The molecule has 0 bridgehead atoms. The summed E-state index contributed by atoms with van der Waals surface area (Å²) < 4.78 is 10.9. The van der Waals surface area contributed by atoms with Crippen molar-refractivity contribution in [3.05, 3.63) is 23.8 Å². The summed E-state index contributed by atoms with van der Waals surface area (Å²) in [5.41, 5.74) is 1.44. The molecule has 0 radical (unpaired) electrons. The molecule has 1 aromatic carbocycles. The van der Waals surface area contributed by atoms with Crippen LogP contribution in [0.5, 0.6) is 5.75 Å². The lowest BCUT2D eigenvalue weighted by Gasteiger charge is -2.18. The van der Waals surface area contributed by atoms with Crippen molar-refractivity contribution in [1.29, 1.82) is 0 Å². The topological polar surface area (TPSA) is 21.8 Å². The first kappa shape index (κ1) is 9.55. The maximum absolute atomic E-state index is 5.78. The highest BCUT2D eigenvalue weighted by molar-refractivity contribution is 7.99. The van der Waals surface area contributed by atoms with Crippen LogP contribution in [0.3, 0.4) is 0 Å². The number of rotatable bonds is 3. The summed E-state index contributed by atoms with van der Waals surface area (Å²) in [6.07, 6.45) is 2.82. The van der Waals surface area contributed by atoms with E-state index in [2.05, 4.69) is 18.2 Å². The highest BCUT2D eigenvalue weighted by atomic mass is 32.2. The van der Waals surface area contributed by atoms with Crippen LogP contribution < -0.4 is 4.74 Å². The van der Waals surface area contributed by atoms with Gasteiger partial charge in [0.15, 0.2) is 0 Å². The van der Waals surface area contributed by atoms with Gasteiger partial charge in [-0.05, 0) is 30.2 Å². The Kier molecular flexibility index (Phi) is 2.59. The standard InChI is InChI=1S/C12H14O2S/c1-3-9-4-2-6-15-12(9)11(5-1)14-8-10-7-13-10/h1,3,5,10H,2,4,6-8H2. The summed E-state index contributed by atoms with van der Waals surface area (Å²) in [6, 6.07) is 6.37. The number of epoxide rings is 1. The predicted octanol–water partition coefficient (Wildman–Crippen LogP) is 2.50. The molecule has 15 heavy (non-hydrogen) atoms. The van der Waals surface area contributed by atoms with Gasteiger partial charge in [0.05, 0.1) is 11.5 Å². The Hall–Kier alpha value is -0.670. The molecular formula is C12H14O2S. The number of hydrogen-bond donors (Lipinski definition) is 0. The Morgan fingerprint density at radius 2 is 2.40 bits per heavy atom. The van der Waals surface area contributed by atoms with E-state index < -0.39 is 0 Å².